The predicted molar refractivity (Wildman–Crippen MR) is 138 cm³/mol. The SMILES string of the molecule is COc1ccccc1CNC(=O)N1C[C@H](C)N(C(C)=O)C2CCC(C3CCC(S(N)(=O)=O)CC3)CC21. The Hall–Kier alpha value is -2.33. The molecule has 0 radical (unpaired) electrons. The molecule has 0 spiro atoms. The number of nitrogens with one attached hydrogen (secondary N) is 1. The molecule has 36 heavy (non-hydrogen) atoms. The molecule has 3 amide bonds. The maximum atomic E-state index is 13.5. The summed E-state index contributed by atoms with van der Waals surface area (Å²) in [6.45, 7) is 4.48. The van der Waals surface area contributed by atoms with Crippen LogP contribution in [-0.4, -0.2) is 67.2 Å². The van der Waals surface area contributed by atoms with Crippen LogP contribution in [-0.2, 0) is 21.4 Å². The van der Waals surface area contributed by atoms with Gasteiger partial charge in [-0.2, -0.15) is 0 Å². The Labute approximate surface area is 214 Å². The van der Waals surface area contributed by atoms with Crippen LogP contribution < -0.4 is 15.2 Å². The molecule has 3 fully saturated rings. The first kappa shape index (κ1) is 26.7. The lowest BCUT2D eigenvalue weighted by Crippen LogP contribution is -2.68. The van der Waals surface area contributed by atoms with Gasteiger partial charge in [0.25, 0.3) is 0 Å². The van der Waals surface area contributed by atoms with Gasteiger partial charge in [0.2, 0.25) is 15.9 Å². The highest BCUT2D eigenvalue weighted by atomic mass is 32.2. The van der Waals surface area contributed by atoms with Gasteiger partial charge >= 0.3 is 6.03 Å². The highest BCUT2D eigenvalue weighted by Gasteiger charge is 2.47. The molecule has 10 heteroatoms. The standard InChI is InChI=1S/C26H40N4O5S/c1-17-16-29(26(32)28-15-21-6-4-5-7-25(21)35-3)24-14-20(10-13-23(24)30(17)18(2)31)19-8-11-22(12-9-19)36(27,33)34/h4-7,17,19-20,22-24H,8-16H2,1-3H3,(H,28,32)(H2,27,33,34)/t17-,19?,20?,22?,23?,24?/m0/s1. The number of sulfonamides is 1. The summed E-state index contributed by atoms with van der Waals surface area (Å²) in [6, 6.07) is 7.40. The third-order valence-corrected chi connectivity index (χ3v) is 10.0. The van der Waals surface area contributed by atoms with E-state index in [4.69, 9.17) is 9.88 Å². The Bertz CT molecular complexity index is 1060. The lowest BCUT2D eigenvalue weighted by atomic mass is 9.69. The monoisotopic (exact) mass is 520 g/mol. The Morgan fingerprint density at radius 2 is 1.72 bits per heavy atom. The summed E-state index contributed by atoms with van der Waals surface area (Å²) in [6.07, 6.45) is 5.56. The minimum atomic E-state index is -3.49. The maximum Gasteiger partial charge on any atom is 0.318 e. The minimum Gasteiger partial charge on any atom is -0.496 e. The van der Waals surface area contributed by atoms with Crippen LogP contribution in [0.4, 0.5) is 4.79 Å². The number of rotatable bonds is 5. The Morgan fingerprint density at radius 1 is 1.06 bits per heavy atom. The van der Waals surface area contributed by atoms with Gasteiger partial charge in [0, 0.05) is 31.6 Å². The molecule has 3 unspecified atom stereocenters. The second kappa shape index (κ2) is 11.0. The largest absolute Gasteiger partial charge is 0.496 e. The van der Waals surface area contributed by atoms with Gasteiger partial charge in [-0.15, -0.1) is 0 Å². The summed E-state index contributed by atoms with van der Waals surface area (Å²) in [5, 5.41) is 8.04. The number of amides is 3. The maximum absolute atomic E-state index is 13.5. The zero-order valence-corrected chi connectivity index (χ0v) is 22.4. The molecule has 0 aromatic heterocycles. The lowest BCUT2D eigenvalue weighted by molar-refractivity contribution is -0.141. The van der Waals surface area contributed by atoms with Gasteiger partial charge in [-0.3, -0.25) is 4.79 Å². The van der Waals surface area contributed by atoms with E-state index < -0.39 is 15.3 Å². The predicted octanol–water partition coefficient (Wildman–Crippen LogP) is 2.84. The van der Waals surface area contributed by atoms with E-state index in [0.29, 0.717) is 37.8 Å². The number of primary sulfonamides is 1. The van der Waals surface area contributed by atoms with Crippen molar-refractivity contribution in [1.82, 2.24) is 15.1 Å². The molecule has 1 saturated heterocycles. The van der Waals surface area contributed by atoms with Crippen molar-refractivity contribution in [3.63, 3.8) is 0 Å². The fourth-order valence-electron chi connectivity index (χ4n) is 6.87. The van der Waals surface area contributed by atoms with E-state index in [2.05, 4.69) is 5.32 Å². The number of benzene rings is 1. The minimum absolute atomic E-state index is 0.000250. The van der Waals surface area contributed by atoms with Crippen molar-refractivity contribution in [3.8, 4) is 5.75 Å². The van der Waals surface area contributed by atoms with Crippen LogP contribution in [0.25, 0.3) is 0 Å². The number of ether oxygens (including phenoxy) is 1. The first-order chi connectivity index (χ1) is 17.1. The molecule has 1 aliphatic heterocycles. The zero-order valence-electron chi connectivity index (χ0n) is 21.6. The van der Waals surface area contributed by atoms with Crippen LogP contribution in [0.3, 0.4) is 0 Å². The third-order valence-electron chi connectivity index (χ3n) is 8.61. The summed E-state index contributed by atoms with van der Waals surface area (Å²) in [5.41, 5.74) is 0.911. The molecule has 1 aromatic rings. The molecule has 4 rings (SSSR count). The number of urea groups is 1. The second-order valence-electron chi connectivity index (χ2n) is 10.7. The fraction of sp³-hybridized carbons (Fsp3) is 0.692. The van der Waals surface area contributed by atoms with Crippen molar-refractivity contribution in [1.29, 1.82) is 0 Å². The lowest BCUT2D eigenvalue weighted by Gasteiger charge is -2.54. The Balaban J connectivity index is 1.48. The summed E-state index contributed by atoms with van der Waals surface area (Å²) in [4.78, 5) is 29.9. The summed E-state index contributed by atoms with van der Waals surface area (Å²) < 4.78 is 29.0. The van der Waals surface area contributed by atoms with Gasteiger partial charge in [-0.25, -0.2) is 18.4 Å². The van der Waals surface area contributed by atoms with Crippen molar-refractivity contribution < 1.29 is 22.7 Å². The third kappa shape index (κ3) is 5.64. The first-order valence-electron chi connectivity index (χ1n) is 13.1. The molecule has 2 saturated carbocycles. The van der Waals surface area contributed by atoms with Crippen molar-refractivity contribution in [2.45, 2.75) is 88.7 Å². The molecule has 1 aromatic carbocycles. The number of carbonyl (C=O) groups is 2. The van der Waals surface area contributed by atoms with Crippen molar-refractivity contribution in [2.75, 3.05) is 13.7 Å². The average Bonchev–Trinajstić information content (AvgIpc) is 2.86. The number of carbonyl (C=O) groups excluding carboxylic acids is 2. The van der Waals surface area contributed by atoms with Crippen LogP contribution in [0.1, 0.15) is 64.4 Å². The van der Waals surface area contributed by atoms with E-state index in [-0.39, 0.29) is 30.1 Å². The Morgan fingerprint density at radius 3 is 2.36 bits per heavy atom. The van der Waals surface area contributed by atoms with E-state index in [9.17, 15) is 18.0 Å². The van der Waals surface area contributed by atoms with Crippen molar-refractivity contribution >= 4 is 22.0 Å². The number of hydrogen-bond donors (Lipinski definition) is 2. The molecule has 0 bridgehead atoms. The highest BCUT2D eigenvalue weighted by Crippen LogP contribution is 2.43. The van der Waals surface area contributed by atoms with E-state index in [1.54, 1.807) is 14.0 Å². The van der Waals surface area contributed by atoms with Crippen molar-refractivity contribution in [2.24, 2.45) is 17.0 Å². The molecule has 9 nitrogen and oxygen atoms in total. The van der Waals surface area contributed by atoms with Gasteiger partial charge in [0.15, 0.2) is 0 Å². The zero-order chi connectivity index (χ0) is 26.0. The molecule has 1 heterocycles. The number of fused-ring (bicyclic) bond motifs is 1. The van der Waals surface area contributed by atoms with Gasteiger partial charge in [0.1, 0.15) is 5.75 Å². The van der Waals surface area contributed by atoms with Gasteiger partial charge in [-0.1, -0.05) is 18.2 Å². The quantitative estimate of drug-likeness (QED) is 0.618. The second-order valence-corrected chi connectivity index (χ2v) is 12.6. The number of nitrogens with two attached hydrogens (primary N) is 1. The smallest absolute Gasteiger partial charge is 0.318 e. The molecule has 4 atom stereocenters. The molecule has 3 N–H and O–H groups in total. The Kier molecular flexibility index (Phi) is 8.14. The normalized spacial score (nSPS) is 30.9. The van der Waals surface area contributed by atoms with Gasteiger partial charge in [0.05, 0.1) is 24.4 Å². The number of piperazine rings is 1. The van der Waals surface area contributed by atoms with Crippen LogP contribution >= 0.6 is 0 Å². The molecular formula is C26H40N4O5S. The topological polar surface area (TPSA) is 122 Å². The van der Waals surface area contributed by atoms with E-state index in [1.807, 2.05) is 41.0 Å². The molecule has 2 aliphatic carbocycles. The summed E-state index contributed by atoms with van der Waals surface area (Å²) in [7, 11) is -1.87. The molecule has 200 valence electrons. The molecular weight excluding hydrogens is 480 g/mol. The fourth-order valence-corrected chi connectivity index (χ4v) is 7.80. The van der Waals surface area contributed by atoms with Crippen molar-refractivity contribution in [3.05, 3.63) is 29.8 Å². The average molecular weight is 521 g/mol. The van der Waals surface area contributed by atoms with Gasteiger partial charge < -0.3 is 19.9 Å². The number of methoxy groups -OCH3 is 1. The highest BCUT2D eigenvalue weighted by molar-refractivity contribution is 7.89. The van der Waals surface area contributed by atoms with E-state index >= 15 is 0 Å². The first-order valence-corrected chi connectivity index (χ1v) is 14.7. The summed E-state index contributed by atoms with van der Waals surface area (Å²) in [5.74, 6) is 1.61. The number of nitrogens with zero attached hydrogens (tertiary/aromatic N) is 2. The van der Waals surface area contributed by atoms with Crippen LogP contribution in [0.15, 0.2) is 24.3 Å². The van der Waals surface area contributed by atoms with E-state index in [0.717, 1.165) is 43.4 Å². The summed E-state index contributed by atoms with van der Waals surface area (Å²) >= 11 is 0. The number of hydrogen-bond acceptors (Lipinski definition) is 5. The van der Waals surface area contributed by atoms with Gasteiger partial charge in [-0.05, 0) is 69.8 Å². The molecule has 3 aliphatic rings. The number of para-hydroxylation sites is 1. The van der Waals surface area contributed by atoms with E-state index in [1.165, 1.54) is 0 Å². The van der Waals surface area contributed by atoms with Crippen LogP contribution in [0.2, 0.25) is 0 Å². The van der Waals surface area contributed by atoms with Crippen LogP contribution in [0.5, 0.6) is 5.75 Å². The van der Waals surface area contributed by atoms with Crippen LogP contribution in [0, 0.1) is 11.8 Å².